The van der Waals surface area contributed by atoms with Crippen molar-refractivity contribution in [2.45, 2.75) is 19.8 Å². The van der Waals surface area contributed by atoms with Gasteiger partial charge in [0, 0.05) is 24.6 Å². The minimum absolute atomic E-state index is 0.245. The zero-order valence-corrected chi connectivity index (χ0v) is 12.4. The summed E-state index contributed by atoms with van der Waals surface area (Å²) in [5.41, 5.74) is 4.78. The van der Waals surface area contributed by atoms with E-state index in [4.69, 9.17) is 0 Å². The summed E-state index contributed by atoms with van der Waals surface area (Å²) >= 11 is 0. The normalized spacial score (nSPS) is 16.0. The molecular formula is C18H16N2O2. The molecule has 2 aliphatic heterocycles. The van der Waals surface area contributed by atoms with Crippen LogP contribution in [0.1, 0.15) is 18.9 Å². The standard InChI is InChI=1S/C18H16N2O2/c1-12(21)20-16-10-3-2-8-14(16)15-9-4-6-13-7-5-11-19(17(13)15)18(20)22/h2-4,6,8-10H,5,7,11H2,1H3. The molecule has 0 aromatic heterocycles. The Kier molecular flexibility index (Phi) is 2.79. The summed E-state index contributed by atoms with van der Waals surface area (Å²) in [5.74, 6) is -0.252. The Morgan fingerprint density at radius 3 is 2.64 bits per heavy atom. The molecule has 0 fully saturated rings. The molecule has 0 bridgehead atoms. The fraction of sp³-hybridized carbons (Fsp3) is 0.222. The second-order valence-corrected chi connectivity index (χ2v) is 5.72. The predicted molar refractivity (Wildman–Crippen MR) is 86.1 cm³/mol. The Hall–Kier alpha value is -2.62. The first-order valence-corrected chi connectivity index (χ1v) is 7.52. The minimum atomic E-state index is -0.252. The average Bonchev–Trinajstić information content (AvgIpc) is 2.64. The number of nitrogens with zero attached hydrogens (tertiary/aromatic N) is 2. The van der Waals surface area contributed by atoms with Crippen LogP contribution in [0.5, 0.6) is 0 Å². The van der Waals surface area contributed by atoms with Gasteiger partial charge in [0.05, 0.1) is 11.4 Å². The van der Waals surface area contributed by atoms with Crippen LogP contribution in [0.25, 0.3) is 11.1 Å². The van der Waals surface area contributed by atoms with E-state index in [9.17, 15) is 9.59 Å². The molecule has 110 valence electrons. The van der Waals surface area contributed by atoms with Gasteiger partial charge in [0.25, 0.3) is 0 Å². The number of carbonyl (C=O) groups is 2. The molecule has 0 atom stereocenters. The third kappa shape index (κ3) is 1.70. The van der Waals surface area contributed by atoms with Crippen molar-refractivity contribution in [3.8, 4) is 11.1 Å². The van der Waals surface area contributed by atoms with Crippen molar-refractivity contribution >= 4 is 23.3 Å². The van der Waals surface area contributed by atoms with Crippen LogP contribution in [0.4, 0.5) is 16.2 Å². The maximum Gasteiger partial charge on any atom is 0.335 e. The molecule has 0 aliphatic carbocycles. The number of fused-ring (bicyclic) bond motifs is 2. The SMILES string of the molecule is CC(=O)N1C(=O)N2CCCc3cccc(c32)-c2ccccc21. The highest BCUT2D eigenvalue weighted by molar-refractivity contribution is 6.23. The van der Waals surface area contributed by atoms with E-state index in [-0.39, 0.29) is 11.9 Å². The van der Waals surface area contributed by atoms with Gasteiger partial charge in [0.2, 0.25) is 5.91 Å². The maximum absolute atomic E-state index is 13.0. The van der Waals surface area contributed by atoms with Crippen molar-refractivity contribution in [1.82, 2.24) is 0 Å². The molecule has 2 aromatic carbocycles. The van der Waals surface area contributed by atoms with E-state index in [1.54, 1.807) is 4.90 Å². The highest BCUT2D eigenvalue weighted by atomic mass is 16.2. The third-order valence-corrected chi connectivity index (χ3v) is 4.39. The van der Waals surface area contributed by atoms with Crippen LogP contribution in [0.2, 0.25) is 0 Å². The number of urea groups is 1. The zero-order chi connectivity index (χ0) is 15.3. The lowest BCUT2D eigenvalue weighted by atomic mass is 9.94. The van der Waals surface area contributed by atoms with E-state index in [1.165, 1.54) is 17.4 Å². The van der Waals surface area contributed by atoms with Crippen molar-refractivity contribution in [2.24, 2.45) is 0 Å². The van der Waals surface area contributed by atoms with E-state index in [0.717, 1.165) is 29.7 Å². The van der Waals surface area contributed by atoms with Gasteiger partial charge in [-0.15, -0.1) is 0 Å². The van der Waals surface area contributed by atoms with E-state index in [1.807, 2.05) is 36.4 Å². The third-order valence-electron chi connectivity index (χ3n) is 4.39. The molecule has 4 heteroatoms. The minimum Gasteiger partial charge on any atom is -0.293 e. The summed E-state index contributed by atoms with van der Waals surface area (Å²) in [6, 6.07) is 13.5. The van der Waals surface area contributed by atoms with Gasteiger partial charge in [-0.2, -0.15) is 0 Å². The first-order chi connectivity index (χ1) is 10.7. The Morgan fingerprint density at radius 1 is 1.05 bits per heavy atom. The molecular weight excluding hydrogens is 276 g/mol. The quantitative estimate of drug-likeness (QED) is 0.744. The highest BCUT2D eigenvalue weighted by Crippen LogP contribution is 2.44. The van der Waals surface area contributed by atoms with Crippen LogP contribution < -0.4 is 9.80 Å². The Labute approximate surface area is 129 Å². The molecule has 3 amide bonds. The van der Waals surface area contributed by atoms with E-state index >= 15 is 0 Å². The van der Waals surface area contributed by atoms with E-state index < -0.39 is 0 Å². The lowest BCUT2D eigenvalue weighted by Crippen LogP contribution is -2.47. The molecule has 4 rings (SSSR count). The monoisotopic (exact) mass is 292 g/mol. The molecule has 0 unspecified atom stereocenters. The van der Waals surface area contributed by atoms with Crippen LogP contribution in [-0.4, -0.2) is 18.5 Å². The molecule has 0 saturated carbocycles. The van der Waals surface area contributed by atoms with Gasteiger partial charge in [0.1, 0.15) is 0 Å². The molecule has 4 nitrogen and oxygen atoms in total. The molecule has 0 saturated heterocycles. The number of aryl methyl sites for hydroxylation is 1. The van der Waals surface area contributed by atoms with Crippen molar-refractivity contribution < 1.29 is 9.59 Å². The molecule has 0 radical (unpaired) electrons. The van der Waals surface area contributed by atoms with Crippen LogP contribution in [-0.2, 0) is 11.2 Å². The predicted octanol–water partition coefficient (Wildman–Crippen LogP) is 3.59. The smallest absolute Gasteiger partial charge is 0.293 e. The number of para-hydroxylation sites is 2. The van der Waals surface area contributed by atoms with E-state index in [2.05, 4.69) is 6.07 Å². The second-order valence-electron chi connectivity index (χ2n) is 5.72. The molecule has 2 aromatic rings. The number of carbonyl (C=O) groups excluding carboxylic acids is 2. The Bertz CT molecular complexity index is 797. The Balaban J connectivity index is 2.08. The van der Waals surface area contributed by atoms with Gasteiger partial charge in [-0.1, -0.05) is 36.4 Å². The number of rotatable bonds is 0. The fourth-order valence-corrected chi connectivity index (χ4v) is 3.48. The molecule has 2 aliphatic rings. The van der Waals surface area contributed by atoms with Crippen LogP contribution in [0.15, 0.2) is 42.5 Å². The summed E-state index contributed by atoms with van der Waals surface area (Å²) in [7, 11) is 0. The molecule has 0 N–H and O–H groups in total. The topological polar surface area (TPSA) is 40.6 Å². The van der Waals surface area contributed by atoms with Gasteiger partial charge in [-0.05, 0) is 24.5 Å². The summed E-state index contributed by atoms with van der Waals surface area (Å²) in [6.45, 7) is 2.09. The number of hydrogen-bond donors (Lipinski definition) is 0. The fourth-order valence-electron chi connectivity index (χ4n) is 3.48. The van der Waals surface area contributed by atoms with Crippen molar-refractivity contribution in [2.75, 3.05) is 16.3 Å². The molecule has 0 spiro atoms. The van der Waals surface area contributed by atoms with Crippen molar-refractivity contribution in [1.29, 1.82) is 0 Å². The van der Waals surface area contributed by atoms with Crippen molar-refractivity contribution in [3.05, 3.63) is 48.0 Å². The Morgan fingerprint density at radius 2 is 1.82 bits per heavy atom. The zero-order valence-electron chi connectivity index (χ0n) is 12.4. The van der Waals surface area contributed by atoms with Gasteiger partial charge in [-0.25, -0.2) is 9.69 Å². The average molecular weight is 292 g/mol. The lowest BCUT2D eigenvalue weighted by molar-refractivity contribution is -0.115. The van der Waals surface area contributed by atoms with Gasteiger partial charge >= 0.3 is 6.03 Å². The number of hydrogen-bond acceptors (Lipinski definition) is 2. The van der Waals surface area contributed by atoms with Gasteiger partial charge in [0.15, 0.2) is 0 Å². The van der Waals surface area contributed by atoms with Crippen molar-refractivity contribution in [3.63, 3.8) is 0 Å². The van der Waals surface area contributed by atoms with Gasteiger partial charge in [-0.3, -0.25) is 9.69 Å². The number of amides is 3. The number of anilines is 2. The largest absolute Gasteiger partial charge is 0.335 e. The summed E-state index contributed by atoms with van der Waals surface area (Å²) in [4.78, 5) is 28.1. The first-order valence-electron chi connectivity index (χ1n) is 7.52. The molecule has 22 heavy (non-hydrogen) atoms. The van der Waals surface area contributed by atoms with Crippen LogP contribution >= 0.6 is 0 Å². The number of benzene rings is 2. The highest BCUT2D eigenvalue weighted by Gasteiger charge is 2.36. The van der Waals surface area contributed by atoms with Crippen LogP contribution in [0, 0.1) is 0 Å². The number of imide groups is 1. The summed E-state index contributed by atoms with van der Waals surface area (Å²) in [6.07, 6.45) is 1.89. The summed E-state index contributed by atoms with van der Waals surface area (Å²) < 4.78 is 0. The van der Waals surface area contributed by atoms with Gasteiger partial charge < -0.3 is 0 Å². The second kappa shape index (κ2) is 4.70. The first kappa shape index (κ1) is 13.1. The molecule has 2 heterocycles. The van der Waals surface area contributed by atoms with Crippen LogP contribution in [0.3, 0.4) is 0 Å². The lowest BCUT2D eigenvalue weighted by Gasteiger charge is -2.31. The van der Waals surface area contributed by atoms with E-state index in [0.29, 0.717) is 12.2 Å². The summed E-state index contributed by atoms with van der Waals surface area (Å²) in [5, 5.41) is 0. The maximum atomic E-state index is 13.0.